The fourth-order valence-electron chi connectivity index (χ4n) is 1.01. The molecule has 0 spiro atoms. The Kier molecular flexibility index (Phi) is 8.03. The van der Waals surface area contributed by atoms with E-state index in [0.29, 0.717) is 5.92 Å². The lowest BCUT2D eigenvalue weighted by Gasteiger charge is -2.09. The monoisotopic (exact) mass is 157 g/mol. The van der Waals surface area contributed by atoms with E-state index in [9.17, 15) is 0 Å². The Morgan fingerprint density at radius 1 is 1.27 bits per heavy atom. The molecule has 0 heterocycles. The summed E-state index contributed by atoms with van der Waals surface area (Å²) in [5.41, 5.74) is 0. The molecule has 0 rings (SSSR count). The molecule has 0 aliphatic rings. The molecule has 0 bridgehead atoms. The Hall–Kier alpha value is -0.0400. The standard InChI is InChI=1S/C10H21O/c1-4-6-8-11-9-10(3)7-5-2/h8,10H,4-7,9H2,1-3H3. The number of hydrogen-bond acceptors (Lipinski definition) is 1. The molecule has 0 N–H and O–H groups in total. The Bertz CT molecular complexity index is 71.3. The van der Waals surface area contributed by atoms with Gasteiger partial charge in [0.1, 0.15) is 0 Å². The van der Waals surface area contributed by atoms with Gasteiger partial charge in [-0.05, 0) is 18.8 Å². The minimum Gasteiger partial charge on any atom is -0.375 e. The Morgan fingerprint density at radius 3 is 2.55 bits per heavy atom. The van der Waals surface area contributed by atoms with Crippen LogP contribution < -0.4 is 0 Å². The van der Waals surface area contributed by atoms with Gasteiger partial charge in [0.15, 0.2) is 0 Å². The van der Waals surface area contributed by atoms with E-state index < -0.39 is 0 Å². The van der Waals surface area contributed by atoms with Gasteiger partial charge in [-0.15, -0.1) is 0 Å². The summed E-state index contributed by atoms with van der Waals surface area (Å²) in [6.45, 7) is 9.45. The van der Waals surface area contributed by atoms with E-state index in [-0.39, 0.29) is 0 Å². The lowest BCUT2D eigenvalue weighted by Crippen LogP contribution is -2.03. The van der Waals surface area contributed by atoms with Gasteiger partial charge < -0.3 is 4.74 Å². The zero-order valence-corrected chi connectivity index (χ0v) is 8.10. The second-order valence-corrected chi connectivity index (χ2v) is 3.18. The van der Waals surface area contributed by atoms with Crippen LogP contribution in [0.4, 0.5) is 0 Å². The molecule has 0 aromatic heterocycles. The summed E-state index contributed by atoms with van der Waals surface area (Å²) in [5.74, 6) is 0.716. The van der Waals surface area contributed by atoms with Crippen LogP contribution in [0.3, 0.4) is 0 Å². The molecule has 0 amide bonds. The van der Waals surface area contributed by atoms with Crippen molar-refractivity contribution in [3.8, 4) is 0 Å². The number of ether oxygens (including phenoxy) is 1. The molecule has 1 unspecified atom stereocenters. The van der Waals surface area contributed by atoms with E-state index in [1.807, 2.05) is 6.61 Å². The van der Waals surface area contributed by atoms with Gasteiger partial charge in [-0.1, -0.05) is 33.6 Å². The van der Waals surface area contributed by atoms with E-state index >= 15 is 0 Å². The van der Waals surface area contributed by atoms with Crippen molar-refractivity contribution in [3.63, 3.8) is 0 Å². The summed E-state index contributed by atoms with van der Waals surface area (Å²) in [5, 5.41) is 0. The average Bonchev–Trinajstić information content (AvgIpc) is 1.99. The van der Waals surface area contributed by atoms with Crippen molar-refractivity contribution in [2.75, 3.05) is 6.61 Å². The molecule has 0 aromatic rings. The first-order valence-electron chi connectivity index (χ1n) is 4.74. The van der Waals surface area contributed by atoms with Crippen LogP contribution in [0.5, 0.6) is 0 Å². The predicted octanol–water partition coefficient (Wildman–Crippen LogP) is 3.40. The molecule has 67 valence electrons. The molecule has 1 nitrogen and oxygen atoms in total. The quantitative estimate of drug-likeness (QED) is 0.515. The molecule has 1 radical (unpaired) electrons. The van der Waals surface area contributed by atoms with E-state index in [1.165, 1.54) is 19.3 Å². The first kappa shape index (κ1) is 11.0. The van der Waals surface area contributed by atoms with E-state index in [0.717, 1.165) is 13.0 Å². The SMILES string of the molecule is CCC[CH]OCC(C)CCC. The van der Waals surface area contributed by atoms with Gasteiger partial charge in [0.25, 0.3) is 0 Å². The van der Waals surface area contributed by atoms with Gasteiger partial charge in [-0.2, -0.15) is 0 Å². The number of unbranched alkanes of at least 4 members (excludes halogenated alkanes) is 1. The van der Waals surface area contributed by atoms with Crippen LogP contribution >= 0.6 is 0 Å². The predicted molar refractivity (Wildman–Crippen MR) is 49.2 cm³/mol. The van der Waals surface area contributed by atoms with Gasteiger partial charge in [0, 0.05) is 6.61 Å². The normalized spacial score (nSPS) is 13.4. The summed E-state index contributed by atoms with van der Waals surface area (Å²) in [4.78, 5) is 0. The molecule has 0 saturated heterocycles. The highest BCUT2D eigenvalue weighted by atomic mass is 16.5. The topological polar surface area (TPSA) is 9.23 Å². The van der Waals surface area contributed by atoms with Crippen molar-refractivity contribution in [3.05, 3.63) is 6.61 Å². The molecular formula is C10H21O. The molecule has 0 saturated carbocycles. The summed E-state index contributed by atoms with van der Waals surface area (Å²) in [6, 6.07) is 0. The highest BCUT2D eigenvalue weighted by Gasteiger charge is 1.99. The third kappa shape index (κ3) is 7.86. The summed E-state index contributed by atoms with van der Waals surface area (Å²) >= 11 is 0. The molecular weight excluding hydrogens is 136 g/mol. The van der Waals surface area contributed by atoms with Gasteiger partial charge in [-0.3, -0.25) is 0 Å². The highest BCUT2D eigenvalue weighted by Crippen LogP contribution is 2.06. The van der Waals surface area contributed by atoms with Crippen molar-refractivity contribution in [1.82, 2.24) is 0 Å². The lowest BCUT2D eigenvalue weighted by atomic mass is 10.1. The molecule has 0 aliphatic heterocycles. The van der Waals surface area contributed by atoms with Crippen LogP contribution in [0.15, 0.2) is 0 Å². The van der Waals surface area contributed by atoms with E-state index in [2.05, 4.69) is 20.8 Å². The van der Waals surface area contributed by atoms with Crippen molar-refractivity contribution in [2.24, 2.45) is 5.92 Å². The van der Waals surface area contributed by atoms with Gasteiger partial charge in [-0.25, -0.2) is 0 Å². The Balaban J connectivity index is 2.97. The minimum atomic E-state index is 0.716. The zero-order valence-electron chi connectivity index (χ0n) is 8.10. The van der Waals surface area contributed by atoms with Gasteiger partial charge in [0.05, 0.1) is 6.61 Å². The molecule has 0 fully saturated rings. The maximum atomic E-state index is 5.36. The summed E-state index contributed by atoms with van der Waals surface area (Å²) in [6.07, 6.45) is 4.80. The van der Waals surface area contributed by atoms with Crippen LogP contribution in [-0.4, -0.2) is 6.61 Å². The first-order chi connectivity index (χ1) is 5.31. The third-order valence-electron chi connectivity index (χ3n) is 1.69. The van der Waals surface area contributed by atoms with Crippen molar-refractivity contribution < 1.29 is 4.74 Å². The zero-order chi connectivity index (χ0) is 8.53. The Morgan fingerprint density at radius 2 is 2.00 bits per heavy atom. The number of hydrogen-bond donors (Lipinski definition) is 0. The largest absolute Gasteiger partial charge is 0.375 e. The first-order valence-corrected chi connectivity index (χ1v) is 4.74. The van der Waals surface area contributed by atoms with Crippen molar-refractivity contribution in [2.45, 2.75) is 46.5 Å². The second kappa shape index (κ2) is 8.06. The smallest absolute Gasteiger partial charge is 0.0836 e. The lowest BCUT2D eigenvalue weighted by molar-refractivity contribution is 0.150. The average molecular weight is 157 g/mol. The molecule has 1 atom stereocenters. The molecule has 11 heavy (non-hydrogen) atoms. The van der Waals surface area contributed by atoms with Crippen LogP contribution in [0.2, 0.25) is 0 Å². The number of rotatable bonds is 7. The van der Waals surface area contributed by atoms with Crippen molar-refractivity contribution in [1.29, 1.82) is 0 Å². The van der Waals surface area contributed by atoms with Crippen molar-refractivity contribution >= 4 is 0 Å². The van der Waals surface area contributed by atoms with E-state index in [1.54, 1.807) is 0 Å². The second-order valence-electron chi connectivity index (χ2n) is 3.18. The fraction of sp³-hybridized carbons (Fsp3) is 0.900. The summed E-state index contributed by atoms with van der Waals surface area (Å²) in [7, 11) is 0. The van der Waals surface area contributed by atoms with E-state index in [4.69, 9.17) is 4.74 Å². The Labute approximate surface area is 71.1 Å². The van der Waals surface area contributed by atoms with Gasteiger partial charge >= 0.3 is 0 Å². The fourth-order valence-corrected chi connectivity index (χ4v) is 1.01. The highest BCUT2D eigenvalue weighted by molar-refractivity contribution is 4.53. The maximum absolute atomic E-state index is 5.36. The van der Waals surface area contributed by atoms with Gasteiger partial charge in [0.2, 0.25) is 0 Å². The molecule has 1 heteroatoms. The van der Waals surface area contributed by atoms with Crippen LogP contribution in [0, 0.1) is 12.5 Å². The minimum absolute atomic E-state index is 0.716. The maximum Gasteiger partial charge on any atom is 0.0836 e. The summed E-state index contributed by atoms with van der Waals surface area (Å²) < 4.78 is 5.36. The van der Waals surface area contributed by atoms with Crippen LogP contribution in [0.1, 0.15) is 46.5 Å². The third-order valence-corrected chi connectivity index (χ3v) is 1.69. The molecule has 0 aromatic carbocycles. The van der Waals surface area contributed by atoms with Crippen LogP contribution in [0.25, 0.3) is 0 Å². The molecule has 0 aliphatic carbocycles. The van der Waals surface area contributed by atoms with Crippen LogP contribution in [-0.2, 0) is 4.74 Å².